The topological polar surface area (TPSA) is 93.0 Å². The lowest BCUT2D eigenvalue weighted by Gasteiger charge is -2.07. The maximum Gasteiger partial charge on any atom is 0.272 e. The Balaban J connectivity index is 3.31. The molecule has 0 unspecified atom stereocenters. The van der Waals surface area contributed by atoms with Gasteiger partial charge in [0.1, 0.15) is 0 Å². The number of nitrogens with one attached hydrogen (secondary N) is 1. The van der Waals surface area contributed by atoms with E-state index >= 15 is 0 Å². The van der Waals surface area contributed by atoms with Crippen LogP contribution in [0.5, 0.6) is 0 Å². The van der Waals surface area contributed by atoms with Gasteiger partial charge in [0.2, 0.25) is 0 Å². The van der Waals surface area contributed by atoms with E-state index in [0.717, 1.165) is 6.21 Å². The number of hydrogen-bond acceptors (Lipinski definition) is 4. The van der Waals surface area contributed by atoms with Crippen molar-refractivity contribution in [2.24, 2.45) is 0 Å². The molecule has 0 spiro atoms. The second-order valence-corrected chi connectivity index (χ2v) is 3.62. The zero-order valence-corrected chi connectivity index (χ0v) is 10.3. The van der Waals surface area contributed by atoms with Crippen LogP contribution in [0.4, 0.5) is 5.69 Å². The number of rotatable bonds is 4. The Kier molecular flexibility index (Phi) is 4.37. The highest BCUT2D eigenvalue weighted by Gasteiger charge is 2.17. The second-order valence-electron chi connectivity index (χ2n) is 3.62. The molecule has 0 fully saturated rings. The molecule has 0 heterocycles. The number of nitrogens with zero attached hydrogens (tertiary/aromatic N) is 1. The van der Waals surface area contributed by atoms with Gasteiger partial charge in [-0.1, -0.05) is 18.2 Å². The van der Waals surface area contributed by atoms with Gasteiger partial charge in [0.15, 0.2) is 0 Å². The van der Waals surface area contributed by atoms with Crippen molar-refractivity contribution in [2.75, 3.05) is 5.73 Å². The minimum absolute atomic E-state index is 0.0412. The van der Waals surface area contributed by atoms with Crippen LogP contribution in [0.2, 0.25) is 0 Å². The van der Waals surface area contributed by atoms with Gasteiger partial charge in [-0.3, -0.25) is 10.1 Å². The first kappa shape index (κ1) is 13.6. The Labute approximate surface area is 105 Å². The molecule has 94 valence electrons. The fourth-order valence-corrected chi connectivity index (χ4v) is 1.70. The third-order valence-electron chi connectivity index (χ3n) is 2.59. The Morgan fingerprint density at radius 1 is 1.39 bits per heavy atom. The molecule has 5 nitrogen and oxygen atoms in total. The Morgan fingerprint density at radius 3 is 2.44 bits per heavy atom. The maximum atomic E-state index is 10.9. The minimum atomic E-state index is -0.421. The molecule has 0 amide bonds. The molecular formula is C13H15N3O2. The van der Waals surface area contributed by atoms with Gasteiger partial charge < -0.3 is 11.1 Å². The van der Waals surface area contributed by atoms with Crippen LogP contribution in [-0.2, 0) is 0 Å². The fourth-order valence-electron chi connectivity index (χ4n) is 1.70. The normalized spacial score (nSPS) is 12.3. The van der Waals surface area contributed by atoms with Crippen molar-refractivity contribution in [1.82, 2.24) is 0 Å². The van der Waals surface area contributed by atoms with Gasteiger partial charge in [-0.2, -0.15) is 0 Å². The average molecular weight is 245 g/mol. The first-order valence-electron chi connectivity index (χ1n) is 5.42. The van der Waals surface area contributed by atoms with E-state index in [-0.39, 0.29) is 5.70 Å². The van der Waals surface area contributed by atoms with Gasteiger partial charge in [-0.15, -0.1) is 0 Å². The van der Waals surface area contributed by atoms with E-state index in [1.807, 2.05) is 0 Å². The standard InChI is InChI=1S/C13H15N3O2/c1-3-11(13(4-2)16(17)18)9-5-6-10(8-14)12(15)7-9/h3-8,14H,15H2,1-2H3/b11-3-,13-4+,14-8?. The lowest BCUT2D eigenvalue weighted by atomic mass is 10.00. The summed E-state index contributed by atoms with van der Waals surface area (Å²) in [6.07, 6.45) is 4.28. The van der Waals surface area contributed by atoms with Crippen molar-refractivity contribution in [3.63, 3.8) is 0 Å². The fraction of sp³-hybridized carbons (Fsp3) is 0.154. The Bertz CT molecular complexity index is 545. The zero-order chi connectivity index (χ0) is 13.7. The molecule has 3 N–H and O–H groups in total. The van der Waals surface area contributed by atoms with Crippen LogP contribution >= 0.6 is 0 Å². The van der Waals surface area contributed by atoms with Crippen molar-refractivity contribution in [3.8, 4) is 0 Å². The van der Waals surface area contributed by atoms with Crippen molar-refractivity contribution in [2.45, 2.75) is 13.8 Å². The number of anilines is 1. The first-order chi connectivity index (χ1) is 8.54. The summed E-state index contributed by atoms with van der Waals surface area (Å²) in [5.74, 6) is 0. The summed E-state index contributed by atoms with van der Waals surface area (Å²) in [6.45, 7) is 3.36. The molecule has 0 aliphatic heterocycles. The van der Waals surface area contributed by atoms with E-state index in [2.05, 4.69) is 0 Å². The van der Waals surface area contributed by atoms with Gasteiger partial charge in [-0.25, -0.2) is 0 Å². The zero-order valence-electron chi connectivity index (χ0n) is 10.3. The van der Waals surface area contributed by atoms with Gasteiger partial charge in [0, 0.05) is 17.5 Å². The molecule has 1 rings (SSSR count). The van der Waals surface area contributed by atoms with E-state index in [9.17, 15) is 10.1 Å². The summed E-state index contributed by atoms with van der Waals surface area (Å²) in [4.78, 5) is 10.5. The summed E-state index contributed by atoms with van der Waals surface area (Å²) in [7, 11) is 0. The average Bonchev–Trinajstić information content (AvgIpc) is 2.35. The molecule has 18 heavy (non-hydrogen) atoms. The molecule has 0 atom stereocenters. The van der Waals surface area contributed by atoms with Crippen LogP contribution < -0.4 is 5.73 Å². The van der Waals surface area contributed by atoms with Crippen LogP contribution in [0.3, 0.4) is 0 Å². The molecule has 0 aliphatic carbocycles. The van der Waals surface area contributed by atoms with E-state index in [1.54, 1.807) is 38.1 Å². The Morgan fingerprint density at radius 2 is 2.06 bits per heavy atom. The number of benzene rings is 1. The first-order valence-corrected chi connectivity index (χ1v) is 5.42. The van der Waals surface area contributed by atoms with Crippen molar-refractivity contribution < 1.29 is 4.92 Å². The molecule has 0 saturated carbocycles. The van der Waals surface area contributed by atoms with Crippen LogP contribution in [-0.4, -0.2) is 11.1 Å². The van der Waals surface area contributed by atoms with Crippen LogP contribution in [0.1, 0.15) is 25.0 Å². The van der Waals surface area contributed by atoms with Crippen molar-refractivity contribution >= 4 is 17.5 Å². The summed E-state index contributed by atoms with van der Waals surface area (Å²) in [6, 6.07) is 5.04. The quantitative estimate of drug-likeness (QED) is 0.281. The number of nitrogens with two attached hydrogens (primary N) is 1. The molecule has 0 saturated heterocycles. The highest BCUT2D eigenvalue weighted by atomic mass is 16.6. The van der Waals surface area contributed by atoms with Crippen LogP contribution in [0, 0.1) is 15.5 Å². The minimum Gasteiger partial charge on any atom is -0.398 e. The number of nitro groups is 1. The smallest absolute Gasteiger partial charge is 0.272 e. The van der Waals surface area contributed by atoms with Gasteiger partial charge in [0.25, 0.3) is 5.70 Å². The SMILES string of the molecule is C/C=C(\C(=C/C)[N+](=O)[O-])c1ccc(C=N)c(N)c1. The van der Waals surface area contributed by atoms with Gasteiger partial charge in [-0.05, 0) is 31.6 Å². The summed E-state index contributed by atoms with van der Waals surface area (Å²) >= 11 is 0. The summed E-state index contributed by atoms with van der Waals surface area (Å²) < 4.78 is 0. The predicted molar refractivity (Wildman–Crippen MR) is 73.1 cm³/mol. The van der Waals surface area contributed by atoms with Crippen molar-refractivity contribution in [3.05, 3.63) is 57.3 Å². The molecule has 0 aromatic heterocycles. The summed E-state index contributed by atoms with van der Waals surface area (Å²) in [5, 5.41) is 18.1. The molecule has 0 radical (unpaired) electrons. The lowest BCUT2D eigenvalue weighted by Crippen LogP contribution is -2.02. The van der Waals surface area contributed by atoms with E-state index in [4.69, 9.17) is 11.1 Å². The Hall–Kier alpha value is -2.43. The number of hydrogen-bond donors (Lipinski definition) is 2. The van der Waals surface area contributed by atoms with E-state index < -0.39 is 4.92 Å². The lowest BCUT2D eigenvalue weighted by molar-refractivity contribution is -0.417. The maximum absolute atomic E-state index is 10.9. The van der Waals surface area contributed by atoms with Crippen molar-refractivity contribution in [1.29, 1.82) is 5.41 Å². The number of allylic oxidation sites excluding steroid dienone is 3. The predicted octanol–water partition coefficient (Wildman–Crippen LogP) is 2.85. The largest absolute Gasteiger partial charge is 0.398 e. The van der Waals surface area contributed by atoms with Crippen LogP contribution in [0.25, 0.3) is 5.57 Å². The molecule has 0 aliphatic rings. The highest BCUT2D eigenvalue weighted by Crippen LogP contribution is 2.26. The molecule has 0 bridgehead atoms. The van der Waals surface area contributed by atoms with E-state index in [1.165, 1.54) is 6.08 Å². The monoisotopic (exact) mass is 245 g/mol. The van der Waals surface area contributed by atoms with Crippen LogP contribution in [0.15, 0.2) is 36.0 Å². The van der Waals surface area contributed by atoms with E-state index in [0.29, 0.717) is 22.4 Å². The van der Waals surface area contributed by atoms with Gasteiger partial charge >= 0.3 is 0 Å². The molecular weight excluding hydrogens is 230 g/mol. The molecule has 1 aromatic rings. The number of nitrogen functional groups attached to an aromatic ring is 1. The second kappa shape index (κ2) is 5.77. The summed E-state index contributed by atoms with van der Waals surface area (Å²) in [5.41, 5.74) is 8.03. The van der Waals surface area contributed by atoms with Gasteiger partial charge in [0.05, 0.1) is 10.5 Å². The third kappa shape index (κ3) is 2.63. The molecule has 1 aromatic carbocycles. The third-order valence-corrected chi connectivity index (χ3v) is 2.59. The molecule has 5 heteroatoms. The highest BCUT2D eigenvalue weighted by molar-refractivity contribution is 5.87.